The first-order valence-corrected chi connectivity index (χ1v) is 36.2. The Morgan fingerprint density at radius 3 is 1.68 bits per heavy atom. The molecule has 24 N–H and O–H groups in total. The monoisotopic (exact) mass is 1590 g/mol. The Morgan fingerprint density at radius 2 is 1.11 bits per heavy atom. The molecule has 111 heavy (non-hydrogen) atoms. The number of aliphatic hydroxyl groups excluding tert-OH is 1. The Morgan fingerprint density at radius 1 is 0.568 bits per heavy atom. The van der Waals surface area contributed by atoms with Crippen LogP contribution in [0.3, 0.4) is 0 Å². The number of benzene rings is 1. The van der Waals surface area contributed by atoms with Crippen molar-refractivity contribution in [3.63, 3.8) is 0 Å². The van der Waals surface area contributed by atoms with Gasteiger partial charge in [-0.2, -0.15) is 11.3 Å². The topological polar surface area (TPSA) is 686 Å². The predicted molar refractivity (Wildman–Crippen MR) is 386 cm³/mol. The minimum Gasteiger partial charge on any atom is -0.481 e. The van der Waals surface area contributed by atoms with Gasteiger partial charge >= 0.3 is 29.8 Å². The van der Waals surface area contributed by atoms with Crippen molar-refractivity contribution in [1.82, 2.24) is 69.1 Å². The Hall–Kier alpha value is -11.8. The van der Waals surface area contributed by atoms with Gasteiger partial charge in [0.2, 0.25) is 82.7 Å². The quantitative estimate of drug-likeness (QED) is 0.0132. The third-order valence-electron chi connectivity index (χ3n) is 16.8. The molecule has 1 saturated heterocycles. The Kier molecular flexibility index (Phi) is 40.3. The number of carboxylic acids is 4. The summed E-state index contributed by atoms with van der Waals surface area (Å²) in [5.74, 6) is -29.6. The molecule has 2 heterocycles. The predicted octanol–water partition coefficient (Wildman–Crippen LogP) is -6.04. The van der Waals surface area contributed by atoms with E-state index in [9.17, 15) is 121 Å². The number of nitrogen functional groups attached to an aromatic ring is 1. The second kappa shape index (κ2) is 47.9. The van der Waals surface area contributed by atoms with E-state index in [4.69, 9.17) is 21.9 Å². The first-order valence-electron chi connectivity index (χ1n) is 35.3. The molecule has 2 aromatic rings. The van der Waals surface area contributed by atoms with Crippen LogP contribution in [0.15, 0.2) is 41.1 Å². The van der Waals surface area contributed by atoms with Crippen LogP contribution in [0, 0.1) is 5.92 Å². The highest BCUT2D eigenvalue weighted by Crippen LogP contribution is 2.19. The molecule has 1 aliphatic heterocycles. The van der Waals surface area contributed by atoms with E-state index < -0.39 is 255 Å². The van der Waals surface area contributed by atoms with Crippen LogP contribution in [-0.2, 0) is 102 Å². The summed E-state index contributed by atoms with van der Waals surface area (Å²) in [5.41, 5.74) is 17.4. The molecule has 42 nitrogen and oxygen atoms in total. The van der Waals surface area contributed by atoms with E-state index in [-0.39, 0.29) is 43.5 Å². The van der Waals surface area contributed by atoms with E-state index in [1.807, 2.05) is 16.0 Å². The number of aliphatic carboxylic acids is 4. The fourth-order valence-electron chi connectivity index (χ4n) is 10.9. The van der Waals surface area contributed by atoms with E-state index in [0.717, 1.165) is 52.9 Å². The number of ketones is 1. The van der Waals surface area contributed by atoms with Crippen LogP contribution in [-0.4, -0.2) is 243 Å². The Balaban J connectivity index is 2.27. The second-order valence-electron chi connectivity index (χ2n) is 26.0. The molecule has 1 aromatic heterocycles. The Labute approximate surface area is 639 Å². The number of hydrogen-bond acceptors (Lipinski definition) is 25. The first-order chi connectivity index (χ1) is 52.4. The second-order valence-corrected chi connectivity index (χ2v) is 26.8. The number of cyclic esters (lactones) is 1. The molecule has 43 heteroatoms. The number of unbranched alkanes of at least 4 members (excludes halogenated alkanes) is 6. The largest absolute Gasteiger partial charge is 0.481 e. The molecular formula is C68H98N16O26S. The van der Waals surface area contributed by atoms with Gasteiger partial charge in [-0.15, -0.1) is 0 Å². The molecule has 13 atom stereocenters. The number of rotatable bonds is 35. The number of para-hydroxylation sites is 1. The summed E-state index contributed by atoms with van der Waals surface area (Å²) in [6, 6.07) is -15.7. The van der Waals surface area contributed by atoms with Gasteiger partial charge in [-0.1, -0.05) is 64.5 Å². The van der Waals surface area contributed by atoms with E-state index in [1.165, 1.54) is 35.6 Å². The highest BCUT2D eigenvalue weighted by Gasteiger charge is 2.41. The van der Waals surface area contributed by atoms with Crippen LogP contribution in [0.1, 0.15) is 146 Å². The lowest BCUT2D eigenvalue weighted by molar-refractivity contribution is -0.156. The third kappa shape index (κ3) is 34.1. The van der Waals surface area contributed by atoms with Crippen molar-refractivity contribution in [2.24, 2.45) is 17.4 Å². The Bertz CT molecular complexity index is 3680. The minimum atomic E-state index is -2.44. The van der Waals surface area contributed by atoms with Crippen molar-refractivity contribution in [2.75, 3.05) is 32.0 Å². The summed E-state index contributed by atoms with van der Waals surface area (Å²) < 4.78 is 5.66. The van der Waals surface area contributed by atoms with Gasteiger partial charge < -0.3 is 117 Å². The molecule has 0 radical (unpaired) electrons. The smallest absolute Gasteiger partial charge is 0.329 e. The molecule has 0 unspecified atom stereocenters. The van der Waals surface area contributed by atoms with Crippen molar-refractivity contribution >= 4 is 135 Å². The van der Waals surface area contributed by atoms with E-state index in [2.05, 4.69) is 60.1 Å². The zero-order chi connectivity index (χ0) is 83.2. The number of amides is 14. The van der Waals surface area contributed by atoms with Crippen molar-refractivity contribution in [1.29, 1.82) is 0 Å². The average Bonchev–Trinajstić information content (AvgIpc) is 1.02. The highest BCUT2D eigenvalue weighted by atomic mass is 32.1. The maximum absolute atomic E-state index is 14.8. The number of thiophene rings is 1. The van der Waals surface area contributed by atoms with Gasteiger partial charge in [0, 0.05) is 30.5 Å². The third-order valence-corrected chi connectivity index (χ3v) is 17.5. The average molecular weight is 1590 g/mol. The van der Waals surface area contributed by atoms with Crippen LogP contribution in [0.5, 0.6) is 0 Å². The van der Waals surface area contributed by atoms with Gasteiger partial charge in [-0.25, -0.2) is 4.79 Å². The molecule has 1 fully saturated rings. The number of esters is 1. The van der Waals surface area contributed by atoms with Crippen LogP contribution >= 0.6 is 11.3 Å². The van der Waals surface area contributed by atoms with Crippen LogP contribution in [0.2, 0.25) is 0 Å². The van der Waals surface area contributed by atoms with Crippen molar-refractivity contribution in [3.8, 4) is 0 Å². The number of nitrogens with one attached hydrogen (secondary N) is 13. The number of aliphatic hydroxyl groups is 1. The summed E-state index contributed by atoms with van der Waals surface area (Å²) >= 11 is 1.26. The lowest BCUT2D eigenvalue weighted by Gasteiger charge is -2.30. The molecule has 0 bridgehead atoms. The molecular weight excluding hydrogens is 1490 g/mol. The minimum absolute atomic E-state index is 0.00496. The van der Waals surface area contributed by atoms with Crippen molar-refractivity contribution in [2.45, 2.75) is 209 Å². The van der Waals surface area contributed by atoms with Gasteiger partial charge in [-0.05, 0) is 80.1 Å². The molecule has 1 aromatic carbocycles. The van der Waals surface area contributed by atoms with E-state index >= 15 is 0 Å². The van der Waals surface area contributed by atoms with Gasteiger partial charge in [0.15, 0.2) is 5.78 Å². The maximum Gasteiger partial charge on any atom is 0.329 e. The fraction of sp³-hybridized carbons (Fsp3) is 0.559. The molecule has 612 valence electrons. The number of ether oxygens (including phenoxy) is 1. The standard InChI is InChI=1S/C68H98N16O26S/c1-5-6-7-8-9-10-11-18-49(88)76-40(23-36-19-21-111-32-36)62(103)79-41(25-48(71)87)63(104)81-44(28-55(97)98)64(105)84-57-35(4)110-68(109)45(24-47(86)37-15-12-13-16-38(37)70)82-67(108)56(33(2)22-52(91)92)83-65(106)46(31-85)77-51(90)29-72-59(100)42(26-53(93)94)78-58(99)34(3)74-61(102)43(27-54(95)96)80-60(101)39(17-14-20-69)75-50(89)30-73-66(57)107/h12-13,15-16,19,21,32-35,39-46,56-57,85H,5-11,14,17-18,20,22-31,69-70H2,1-4H3,(H2,71,87)(H,72,100)(H,73,107)(H,74,102)(H,75,89)(H,76,88)(H,77,90)(H,78,99)(H,79,103)(H,80,101)(H,81,104)(H,82,108)(H,83,106)(H,84,105)(H,91,92)(H,93,94)(H,95,96)(H,97,98)/t33-,34-,35-,39+,40+,41-,42+,43+,44+,45+,46-,56+,57+/m1/s1. The van der Waals surface area contributed by atoms with Gasteiger partial charge in [0.05, 0.1) is 51.8 Å². The summed E-state index contributed by atoms with van der Waals surface area (Å²) in [5, 5.41) is 81.1. The number of nitrogens with two attached hydrogens (primary N) is 3. The molecule has 1 aliphatic rings. The molecule has 0 spiro atoms. The normalized spacial score (nSPS) is 21.5. The van der Waals surface area contributed by atoms with Gasteiger partial charge in [0.1, 0.15) is 72.6 Å². The highest BCUT2D eigenvalue weighted by molar-refractivity contribution is 7.08. The summed E-state index contributed by atoms with van der Waals surface area (Å²) in [7, 11) is 0. The zero-order valence-electron chi connectivity index (χ0n) is 61.3. The van der Waals surface area contributed by atoms with Crippen LogP contribution in [0.4, 0.5) is 5.69 Å². The summed E-state index contributed by atoms with van der Waals surface area (Å²) in [6.45, 7) is 1.13. The van der Waals surface area contributed by atoms with E-state index in [1.54, 1.807) is 16.8 Å². The van der Waals surface area contributed by atoms with E-state index in [0.29, 0.717) is 18.4 Å². The van der Waals surface area contributed by atoms with Gasteiger partial charge in [-0.3, -0.25) is 91.1 Å². The zero-order valence-corrected chi connectivity index (χ0v) is 62.2. The number of anilines is 1. The maximum atomic E-state index is 14.8. The molecule has 14 amide bonds. The first kappa shape index (κ1) is 93.4. The van der Waals surface area contributed by atoms with Gasteiger partial charge in [0.25, 0.3) is 0 Å². The SMILES string of the molecule is CCCCCCCCCC(=O)N[C@@H](Cc1ccsc1)C(=O)N[C@H](CC(N)=O)C(=O)N[C@@H](CC(=O)O)C(=O)N[C@@H]1C(=O)NCC(=O)N[C@@H](CCCN)C(=O)N[C@@H](CC(=O)O)C(=O)N[C@H](C)C(=O)N[C@@H](CC(=O)O)C(=O)NCC(=O)N[C@H](CO)C(=O)N[C@@H]([C@H](C)CC(=O)O)C(=O)N[C@@H](CC(=O)c2ccccc2N)C(=O)O[C@@H]1C. The van der Waals surface area contributed by atoms with Crippen molar-refractivity contribution in [3.05, 3.63) is 52.2 Å². The fourth-order valence-corrected chi connectivity index (χ4v) is 11.5. The number of primary amides is 1. The molecule has 0 saturated carbocycles. The molecule has 0 aliphatic carbocycles. The molecule has 3 rings (SSSR count). The number of Topliss-reactive ketones (excluding diaryl/α,β-unsaturated/α-hetero) is 1. The number of carboxylic acid groups (broad SMARTS) is 4. The van der Waals surface area contributed by atoms with Crippen molar-refractivity contribution < 1.29 is 126 Å². The van der Waals surface area contributed by atoms with Crippen LogP contribution in [0.25, 0.3) is 0 Å². The summed E-state index contributed by atoms with van der Waals surface area (Å²) in [4.78, 5) is 271. The van der Waals surface area contributed by atoms with Crippen LogP contribution < -0.4 is 86.3 Å². The summed E-state index contributed by atoms with van der Waals surface area (Å²) in [6.07, 6.45) is -3.67. The number of carbonyl (C=O) groups is 20. The number of hydrogen-bond donors (Lipinski definition) is 21. The lowest BCUT2D eigenvalue weighted by Crippen LogP contribution is -2.62. The number of carbonyl (C=O) groups excluding carboxylic acids is 16. The lowest BCUT2D eigenvalue weighted by atomic mass is 9.96.